The quantitative estimate of drug-likeness (QED) is 0.126. The van der Waals surface area contributed by atoms with Crippen LogP contribution in [0.15, 0.2) is 497 Å². The van der Waals surface area contributed by atoms with Crippen LogP contribution in [0.3, 0.4) is 0 Å². The van der Waals surface area contributed by atoms with Crippen molar-refractivity contribution in [1.82, 2.24) is 0 Å². The molecule has 0 atom stereocenters. The number of fused-ring (bicyclic) bond motifs is 20. The van der Waals surface area contributed by atoms with Crippen molar-refractivity contribution in [3.8, 4) is 100 Å². The van der Waals surface area contributed by atoms with Gasteiger partial charge in [0.15, 0.2) is 0 Å². The number of hydrogen-bond donors (Lipinski definition) is 0. The smallest absolute Gasteiger partial charge is 0.0361 e. The maximum atomic E-state index is 2.43. The van der Waals surface area contributed by atoms with Crippen LogP contribution >= 0.6 is 34.0 Å². The second-order valence-electron chi connectivity index (χ2n) is 36.2. The van der Waals surface area contributed by atoms with E-state index >= 15 is 0 Å². The summed E-state index contributed by atoms with van der Waals surface area (Å²) in [6, 6.07) is 184. The minimum atomic E-state index is 1.23. The van der Waals surface area contributed by atoms with E-state index in [1.54, 1.807) is 0 Å². The molecule has 0 amide bonds. The van der Waals surface area contributed by atoms with Crippen LogP contribution in [0.4, 0.5) is 0 Å². The first kappa shape index (κ1) is 79.9. The first-order valence-corrected chi connectivity index (χ1v) is 49.6. The second kappa shape index (κ2) is 33.2. The highest BCUT2D eigenvalue weighted by molar-refractivity contribution is 7.26. The molecule has 0 aliphatic carbocycles. The third-order valence-corrected chi connectivity index (χ3v) is 31.9. The van der Waals surface area contributed by atoms with E-state index in [1.807, 2.05) is 34.0 Å². The molecule has 0 spiro atoms. The summed E-state index contributed by atoms with van der Waals surface area (Å²) in [5.74, 6) is 0. The zero-order chi connectivity index (χ0) is 90.1. The molecule has 0 saturated carbocycles. The first-order chi connectivity index (χ1) is 67.9. The molecule has 0 nitrogen and oxygen atoms in total. The lowest BCUT2D eigenvalue weighted by molar-refractivity contribution is 1.61. The molecule has 29 rings (SSSR count). The van der Waals surface area contributed by atoms with E-state index in [0.717, 1.165) is 0 Å². The van der Waals surface area contributed by atoms with Gasteiger partial charge in [-0.15, -0.1) is 34.0 Å². The summed E-state index contributed by atoms with van der Waals surface area (Å²) in [5.41, 5.74) is 22.8. The van der Waals surface area contributed by atoms with Crippen molar-refractivity contribution in [2.45, 2.75) is 0 Å². The Morgan fingerprint density at radius 2 is 0.314 bits per heavy atom. The SMILES string of the molecule is c1cc(-c2cccc3ccccc23)cc(-c2c3ccccc3c(-c3ccc4sc5cc6ccccc6cc5c4c3)c3ccccc23)c1.c1ccc(-c2ccccc2-c2c3ccccc3c(-c3ccc4sc5cc6ccccc6cc5c4c3)c3ccccc23)cc1.c1ccc2cc3c(cc2c1)sc1ccc(-c2c4ccccc4c(-c4ccc(-c5cccc6ccccc56)cc4)c4ccccc24)cc13. The molecule has 0 bridgehead atoms. The third-order valence-electron chi connectivity index (χ3n) is 28.5. The van der Waals surface area contributed by atoms with E-state index in [2.05, 4.69) is 497 Å². The molecule has 3 heteroatoms. The maximum Gasteiger partial charge on any atom is 0.0361 e. The Kier molecular flexibility index (Phi) is 19.3. The minimum absolute atomic E-state index is 1.23. The van der Waals surface area contributed by atoms with E-state index in [4.69, 9.17) is 0 Å². The molecular formula is C134H82S3. The first-order valence-electron chi connectivity index (χ1n) is 47.1. The molecule has 636 valence electrons. The molecule has 0 unspecified atom stereocenters. The van der Waals surface area contributed by atoms with Gasteiger partial charge in [-0.25, -0.2) is 0 Å². The van der Waals surface area contributed by atoms with Crippen LogP contribution in [0.25, 0.3) is 279 Å². The van der Waals surface area contributed by atoms with Crippen LogP contribution in [-0.2, 0) is 0 Å². The molecule has 29 aromatic rings. The van der Waals surface area contributed by atoms with Crippen molar-refractivity contribution in [1.29, 1.82) is 0 Å². The van der Waals surface area contributed by atoms with Gasteiger partial charge in [0.2, 0.25) is 0 Å². The second-order valence-corrected chi connectivity index (χ2v) is 39.4. The van der Waals surface area contributed by atoms with Crippen LogP contribution in [0.2, 0.25) is 0 Å². The van der Waals surface area contributed by atoms with Crippen molar-refractivity contribution >= 4 is 213 Å². The fourth-order valence-electron chi connectivity index (χ4n) is 22.3. The highest BCUT2D eigenvalue weighted by Crippen LogP contribution is 2.53. The van der Waals surface area contributed by atoms with E-state index in [-0.39, 0.29) is 0 Å². The molecule has 0 aliphatic heterocycles. The van der Waals surface area contributed by atoms with Gasteiger partial charge in [0.1, 0.15) is 0 Å². The van der Waals surface area contributed by atoms with Gasteiger partial charge in [0.25, 0.3) is 0 Å². The van der Waals surface area contributed by atoms with E-state index in [0.29, 0.717) is 0 Å². The van der Waals surface area contributed by atoms with Crippen LogP contribution in [0.1, 0.15) is 0 Å². The fraction of sp³-hybridized carbons (Fsp3) is 0. The summed E-state index contributed by atoms with van der Waals surface area (Å²) < 4.78 is 8.01. The fourth-order valence-corrected chi connectivity index (χ4v) is 25.6. The van der Waals surface area contributed by atoms with E-state index < -0.39 is 0 Å². The van der Waals surface area contributed by atoms with Gasteiger partial charge in [-0.3, -0.25) is 0 Å². The summed E-state index contributed by atoms with van der Waals surface area (Å²) in [5, 5.41) is 36.2. The predicted octanol–water partition coefficient (Wildman–Crippen LogP) is 39.9. The zero-order valence-corrected chi connectivity index (χ0v) is 77.0. The minimum Gasteiger partial charge on any atom is -0.135 e. The van der Waals surface area contributed by atoms with Crippen LogP contribution in [0, 0.1) is 0 Å². The molecule has 0 saturated heterocycles. The van der Waals surface area contributed by atoms with Gasteiger partial charge in [0.05, 0.1) is 0 Å². The van der Waals surface area contributed by atoms with Crippen molar-refractivity contribution in [2.75, 3.05) is 0 Å². The number of hydrogen-bond acceptors (Lipinski definition) is 3. The molecule has 0 N–H and O–H groups in total. The van der Waals surface area contributed by atoms with Crippen molar-refractivity contribution < 1.29 is 0 Å². The lowest BCUT2D eigenvalue weighted by atomic mass is 9.83. The van der Waals surface area contributed by atoms with E-state index in [1.165, 1.54) is 279 Å². The van der Waals surface area contributed by atoms with Gasteiger partial charge < -0.3 is 0 Å². The number of thiophene rings is 3. The highest BCUT2D eigenvalue weighted by Gasteiger charge is 2.25. The van der Waals surface area contributed by atoms with Gasteiger partial charge >= 0.3 is 0 Å². The van der Waals surface area contributed by atoms with Gasteiger partial charge in [-0.2, -0.15) is 0 Å². The average Bonchev–Trinajstić information content (AvgIpc) is 1.53. The standard InChI is InChI=1S/2C46H28S.C42H26S/c1-2-13-31-28-44-42(26-30(31)12-1)41-27-34(23-24-43(41)47-44)46-39-20-7-5-18-37(39)45(38-19-6-8-21-40(38)46)33-16-9-15-32(25-33)36-22-10-14-29-11-3-4-17-35(29)36;1-2-12-33-28-44-42(26-32(33)11-1)41-27-34(24-25-43(41)47-44)46-39-17-7-5-15-37(39)45(38-16-6-8-18-40(38)46)31-22-20-30(21-23-31)36-19-9-13-29-10-3-4-14-35(29)36;1-2-12-27(13-3-1)31-16-6-7-17-32(31)42-35-20-10-8-18-33(35)41(34-19-9-11-21-36(34)42)30-22-23-39-37(25-30)38-24-28-14-4-5-15-29(28)26-40(38)43-39/h2*1-28H;1-26H. The van der Waals surface area contributed by atoms with Gasteiger partial charge in [-0.1, -0.05) is 419 Å². The van der Waals surface area contributed by atoms with Crippen molar-refractivity contribution in [2.24, 2.45) is 0 Å². The summed E-state index contributed by atoms with van der Waals surface area (Å²) in [6.07, 6.45) is 0. The lowest BCUT2D eigenvalue weighted by Crippen LogP contribution is -1.92. The number of rotatable bonds is 9. The topological polar surface area (TPSA) is 0 Å². The molecule has 3 heterocycles. The summed E-state index contributed by atoms with van der Waals surface area (Å²) in [6.45, 7) is 0. The Morgan fingerprint density at radius 1 is 0.0949 bits per heavy atom. The maximum absolute atomic E-state index is 2.43. The van der Waals surface area contributed by atoms with E-state index in [9.17, 15) is 0 Å². The Bertz CT molecular complexity index is 9820. The molecule has 3 aromatic heterocycles. The molecular weight excluding hydrogens is 1710 g/mol. The Hall–Kier alpha value is -16.8. The molecule has 26 aromatic carbocycles. The Balaban J connectivity index is 0.000000104. The summed E-state index contributed by atoms with van der Waals surface area (Å²) in [4.78, 5) is 0. The lowest BCUT2D eigenvalue weighted by Gasteiger charge is -2.19. The van der Waals surface area contributed by atoms with Crippen LogP contribution < -0.4 is 0 Å². The van der Waals surface area contributed by atoms with Crippen LogP contribution in [-0.4, -0.2) is 0 Å². The largest absolute Gasteiger partial charge is 0.135 e. The van der Waals surface area contributed by atoms with Gasteiger partial charge in [0, 0.05) is 60.5 Å². The zero-order valence-electron chi connectivity index (χ0n) is 74.6. The average molecular weight is 1790 g/mol. The normalized spacial score (nSPS) is 11.8. The van der Waals surface area contributed by atoms with Gasteiger partial charge in [-0.05, 0) is 298 Å². The van der Waals surface area contributed by atoms with Crippen LogP contribution in [0.5, 0.6) is 0 Å². The molecule has 0 fully saturated rings. The highest BCUT2D eigenvalue weighted by atomic mass is 32.1. The Labute approximate surface area is 804 Å². The summed E-state index contributed by atoms with van der Waals surface area (Å²) in [7, 11) is 0. The molecule has 0 radical (unpaired) electrons. The monoisotopic (exact) mass is 1790 g/mol. The molecule has 137 heavy (non-hydrogen) atoms. The summed E-state index contributed by atoms with van der Waals surface area (Å²) >= 11 is 5.66. The predicted molar refractivity (Wildman–Crippen MR) is 599 cm³/mol. The molecule has 0 aliphatic rings. The Morgan fingerprint density at radius 3 is 0.679 bits per heavy atom. The van der Waals surface area contributed by atoms with Crippen molar-refractivity contribution in [3.05, 3.63) is 497 Å². The third kappa shape index (κ3) is 13.7. The van der Waals surface area contributed by atoms with Crippen molar-refractivity contribution in [3.63, 3.8) is 0 Å². The number of benzene rings is 26.